The largest absolute Gasteiger partial charge is 0.354 e. The van der Waals surface area contributed by atoms with Crippen molar-refractivity contribution in [2.75, 3.05) is 4.90 Å². The first-order valence-corrected chi connectivity index (χ1v) is 20.8. The topological polar surface area (TPSA) is 49.7 Å². The first-order valence-electron chi connectivity index (χ1n) is 20.8. The molecule has 4 heterocycles. The lowest BCUT2D eigenvalue weighted by Gasteiger charge is -2.42. The molecule has 60 heavy (non-hydrogen) atoms. The Balaban J connectivity index is 1.16. The molecule has 0 saturated heterocycles. The van der Waals surface area contributed by atoms with Crippen LogP contribution in [0.3, 0.4) is 0 Å². The maximum absolute atomic E-state index is 5.64. The molecular formula is C55H45N5. The number of hydrogen-bond acceptors (Lipinski definition) is 3. The number of nitrogens with one attached hydrogen (secondary N) is 1. The summed E-state index contributed by atoms with van der Waals surface area (Å²) < 4.78 is 2.33. The standard InChI is InChI=1S/C55H45N5/c1-33-27-35(3)51(36(4)28-33)38-23-25-45-48(32-38)60(50-21-12-13-26-56-50)47-31-37(22-24-44(47)55(45,5)6)43-29-34(2)30-49-53(43)58-54(59(49)39-15-8-7-9-16-39)42-19-14-18-41-40-17-10-11-20-46(40)57-52(41)42/h7-32,57H,1-6H3. The molecule has 11 rings (SSSR count). The van der Waals surface area contributed by atoms with E-state index < -0.39 is 0 Å². The van der Waals surface area contributed by atoms with Gasteiger partial charge in [-0.25, -0.2) is 9.97 Å². The van der Waals surface area contributed by atoms with Crippen molar-refractivity contribution in [1.29, 1.82) is 0 Å². The van der Waals surface area contributed by atoms with Gasteiger partial charge in [0, 0.05) is 44.7 Å². The summed E-state index contributed by atoms with van der Waals surface area (Å²) in [5.74, 6) is 1.79. The van der Waals surface area contributed by atoms with Gasteiger partial charge in [-0.3, -0.25) is 9.47 Å². The number of rotatable bonds is 5. The van der Waals surface area contributed by atoms with Crippen LogP contribution in [-0.4, -0.2) is 19.5 Å². The van der Waals surface area contributed by atoms with E-state index in [1.165, 1.54) is 55.3 Å². The average Bonchev–Trinajstić information content (AvgIpc) is 3.82. The number of aromatic nitrogens is 4. The van der Waals surface area contributed by atoms with Crippen LogP contribution >= 0.6 is 0 Å². The lowest BCUT2D eigenvalue weighted by atomic mass is 9.72. The number of fused-ring (bicyclic) bond motifs is 6. The van der Waals surface area contributed by atoms with Gasteiger partial charge in [-0.2, -0.15) is 0 Å². The molecule has 0 saturated carbocycles. The van der Waals surface area contributed by atoms with Crippen molar-refractivity contribution in [2.24, 2.45) is 0 Å². The van der Waals surface area contributed by atoms with E-state index in [4.69, 9.17) is 9.97 Å². The highest BCUT2D eigenvalue weighted by molar-refractivity contribution is 6.12. The van der Waals surface area contributed by atoms with Crippen molar-refractivity contribution >= 4 is 50.0 Å². The lowest BCUT2D eigenvalue weighted by Crippen LogP contribution is -2.31. The van der Waals surface area contributed by atoms with E-state index in [0.29, 0.717) is 0 Å². The predicted octanol–water partition coefficient (Wildman–Crippen LogP) is 14.4. The van der Waals surface area contributed by atoms with Gasteiger partial charge in [0.2, 0.25) is 0 Å². The van der Waals surface area contributed by atoms with E-state index in [-0.39, 0.29) is 5.41 Å². The van der Waals surface area contributed by atoms with Crippen molar-refractivity contribution in [1.82, 2.24) is 19.5 Å². The molecule has 1 aliphatic rings. The molecule has 1 aliphatic heterocycles. The second kappa shape index (κ2) is 13.4. The van der Waals surface area contributed by atoms with E-state index in [1.54, 1.807) is 0 Å². The number of aryl methyl sites for hydroxylation is 4. The second-order valence-electron chi connectivity index (χ2n) is 17.1. The molecule has 0 radical (unpaired) electrons. The van der Waals surface area contributed by atoms with Crippen molar-refractivity contribution < 1.29 is 0 Å². The number of anilines is 3. The molecule has 0 fully saturated rings. The normalized spacial score (nSPS) is 13.3. The molecule has 290 valence electrons. The highest BCUT2D eigenvalue weighted by Gasteiger charge is 2.38. The fourth-order valence-electron chi connectivity index (χ4n) is 10.1. The molecule has 7 aromatic carbocycles. The van der Waals surface area contributed by atoms with Gasteiger partial charge in [0.25, 0.3) is 0 Å². The smallest absolute Gasteiger partial charge is 0.147 e. The third-order valence-electron chi connectivity index (χ3n) is 12.7. The Kier molecular flexibility index (Phi) is 8.01. The van der Waals surface area contributed by atoms with Gasteiger partial charge in [-0.1, -0.05) is 110 Å². The number of nitrogens with zero attached hydrogens (tertiary/aromatic N) is 4. The number of benzene rings is 7. The Morgan fingerprint density at radius 1 is 0.567 bits per heavy atom. The Labute approximate surface area is 350 Å². The Morgan fingerprint density at radius 3 is 1.98 bits per heavy atom. The van der Waals surface area contributed by atoms with E-state index in [0.717, 1.165) is 67.5 Å². The lowest BCUT2D eigenvalue weighted by molar-refractivity contribution is 0.631. The SMILES string of the molecule is Cc1cc(C)c(-c2ccc3c(c2)N(c2ccccn2)c2cc(-c4cc(C)cc5c4nc(-c4cccc6c4[nH]c4ccccc46)n5-c4ccccc4)ccc2C3(C)C)c(C)c1. The van der Waals surface area contributed by atoms with Gasteiger partial charge in [-0.15, -0.1) is 0 Å². The van der Waals surface area contributed by atoms with Crippen LogP contribution in [0.1, 0.15) is 47.2 Å². The van der Waals surface area contributed by atoms with Crippen LogP contribution in [0.5, 0.6) is 0 Å². The average molecular weight is 776 g/mol. The van der Waals surface area contributed by atoms with E-state index in [1.807, 2.05) is 12.3 Å². The number of pyridine rings is 1. The molecule has 0 atom stereocenters. The van der Waals surface area contributed by atoms with Gasteiger partial charge in [0.05, 0.1) is 27.9 Å². The summed E-state index contributed by atoms with van der Waals surface area (Å²) in [7, 11) is 0. The van der Waals surface area contributed by atoms with Crippen molar-refractivity contribution in [3.05, 3.63) is 191 Å². The zero-order valence-corrected chi connectivity index (χ0v) is 34.8. The van der Waals surface area contributed by atoms with Gasteiger partial charge >= 0.3 is 0 Å². The van der Waals surface area contributed by atoms with Crippen LogP contribution in [-0.2, 0) is 5.41 Å². The summed E-state index contributed by atoms with van der Waals surface area (Å²) in [6.45, 7) is 13.5. The van der Waals surface area contributed by atoms with Gasteiger partial charge in [0.15, 0.2) is 0 Å². The monoisotopic (exact) mass is 775 g/mol. The molecule has 5 nitrogen and oxygen atoms in total. The summed E-state index contributed by atoms with van der Waals surface area (Å²) in [5.41, 5.74) is 20.6. The van der Waals surface area contributed by atoms with Gasteiger partial charge in [-0.05, 0) is 133 Å². The Hall–Kier alpha value is -7.24. The second-order valence-corrected chi connectivity index (χ2v) is 17.1. The zero-order chi connectivity index (χ0) is 40.9. The van der Waals surface area contributed by atoms with Crippen LogP contribution in [0.2, 0.25) is 0 Å². The molecule has 0 spiro atoms. The summed E-state index contributed by atoms with van der Waals surface area (Å²) >= 11 is 0. The first-order chi connectivity index (χ1) is 29.2. The minimum absolute atomic E-state index is 0.271. The maximum atomic E-state index is 5.64. The first kappa shape index (κ1) is 35.9. The highest BCUT2D eigenvalue weighted by Crippen LogP contribution is 2.54. The van der Waals surface area contributed by atoms with Crippen LogP contribution in [0.25, 0.3) is 72.2 Å². The molecular weight excluding hydrogens is 731 g/mol. The number of hydrogen-bond donors (Lipinski definition) is 1. The third kappa shape index (κ3) is 5.46. The highest BCUT2D eigenvalue weighted by atomic mass is 15.2. The Bertz CT molecular complexity index is 3310. The quantitative estimate of drug-likeness (QED) is 0.189. The molecule has 0 aliphatic carbocycles. The summed E-state index contributed by atoms with van der Waals surface area (Å²) in [4.78, 5) is 16.8. The minimum Gasteiger partial charge on any atom is -0.354 e. The fraction of sp³-hybridized carbons (Fsp3) is 0.127. The van der Waals surface area contributed by atoms with E-state index >= 15 is 0 Å². The fourth-order valence-corrected chi connectivity index (χ4v) is 10.1. The molecule has 0 unspecified atom stereocenters. The molecule has 3 aromatic heterocycles. The van der Waals surface area contributed by atoms with Crippen molar-refractivity contribution in [3.63, 3.8) is 0 Å². The van der Waals surface area contributed by atoms with Gasteiger partial charge < -0.3 is 4.98 Å². The number of H-pyrrole nitrogens is 1. The molecule has 10 aromatic rings. The summed E-state index contributed by atoms with van der Waals surface area (Å²) in [5, 5.41) is 2.40. The molecule has 5 heteroatoms. The third-order valence-corrected chi connectivity index (χ3v) is 12.7. The van der Waals surface area contributed by atoms with E-state index in [9.17, 15) is 0 Å². The Morgan fingerprint density at radius 2 is 1.23 bits per heavy atom. The van der Waals surface area contributed by atoms with Crippen LogP contribution < -0.4 is 4.90 Å². The number of aromatic amines is 1. The molecule has 0 amide bonds. The van der Waals surface area contributed by atoms with Crippen LogP contribution in [0.15, 0.2) is 158 Å². The maximum Gasteiger partial charge on any atom is 0.147 e. The van der Waals surface area contributed by atoms with Crippen LogP contribution in [0.4, 0.5) is 17.2 Å². The van der Waals surface area contributed by atoms with Crippen molar-refractivity contribution in [3.8, 4) is 39.3 Å². The molecule has 0 bridgehead atoms. The van der Waals surface area contributed by atoms with Crippen LogP contribution in [0, 0.1) is 27.7 Å². The summed E-state index contributed by atoms with van der Waals surface area (Å²) in [6.07, 6.45) is 1.89. The summed E-state index contributed by atoms with van der Waals surface area (Å²) in [6, 6.07) is 55.1. The van der Waals surface area contributed by atoms with E-state index in [2.05, 4.69) is 202 Å². The molecule has 1 N–H and O–H groups in total. The zero-order valence-electron chi connectivity index (χ0n) is 34.8. The number of imidazole rings is 1. The van der Waals surface area contributed by atoms with Gasteiger partial charge in [0.1, 0.15) is 11.6 Å². The van der Waals surface area contributed by atoms with Crippen molar-refractivity contribution in [2.45, 2.75) is 47.0 Å². The number of para-hydroxylation sites is 3. The minimum atomic E-state index is -0.271. The predicted molar refractivity (Wildman–Crippen MR) is 250 cm³/mol.